The Bertz CT molecular complexity index is 1030. The van der Waals surface area contributed by atoms with Gasteiger partial charge in [0.2, 0.25) is 0 Å². The summed E-state index contributed by atoms with van der Waals surface area (Å²) in [6, 6.07) is 5.89. The zero-order chi connectivity index (χ0) is 22.3. The first-order chi connectivity index (χ1) is 15.7. The third-order valence-electron chi connectivity index (χ3n) is 6.15. The monoisotopic (exact) mass is 450 g/mol. The summed E-state index contributed by atoms with van der Waals surface area (Å²) in [6.45, 7) is 0.185. The fraction of sp³-hybridized carbons (Fsp3) is 0.462. The number of rotatable bonds is 7. The molecule has 4 rings (SSSR count). The molecule has 1 fully saturated rings. The first kappa shape index (κ1) is 22.4. The van der Waals surface area contributed by atoms with Crippen molar-refractivity contribution in [3.05, 3.63) is 39.8 Å². The summed E-state index contributed by atoms with van der Waals surface area (Å²) in [7, 11) is 1.60. The molecule has 5 nitrogen and oxygen atoms in total. The number of nitrogens with zero attached hydrogens (tertiary/aromatic N) is 1. The smallest absolute Gasteiger partial charge is 0.254 e. The Morgan fingerprint density at radius 1 is 1.22 bits per heavy atom. The Morgan fingerprint density at radius 3 is 2.81 bits per heavy atom. The number of amides is 1. The van der Waals surface area contributed by atoms with Gasteiger partial charge in [0.15, 0.2) is 11.5 Å². The molecule has 0 bridgehead atoms. The number of benzene rings is 1. The first-order valence-electron chi connectivity index (χ1n) is 11.4. The van der Waals surface area contributed by atoms with Gasteiger partial charge in [-0.25, -0.2) is 4.99 Å². The highest BCUT2D eigenvalue weighted by Gasteiger charge is 2.27. The Morgan fingerprint density at radius 2 is 2.03 bits per heavy atom. The van der Waals surface area contributed by atoms with Crippen LogP contribution in [0.25, 0.3) is 0 Å². The molecule has 2 aliphatic rings. The number of fused-ring (bicyclic) bond motifs is 1. The van der Waals surface area contributed by atoms with Crippen molar-refractivity contribution < 1.29 is 14.3 Å². The number of carbonyl (C=O) groups excluding carboxylic acids is 1. The van der Waals surface area contributed by atoms with E-state index in [1.165, 1.54) is 36.1 Å². The number of nitrogens with one attached hydrogen (secondary N) is 1. The molecule has 0 unspecified atom stereocenters. The average molecular weight is 451 g/mol. The maximum atomic E-state index is 13.3. The van der Waals surface area contributed by atoms with Crippen LogP contribution < -0.4 is 14.8 Å². The largest absolute Gasteiger partial charge is 0.493 e. The molecule has 1 heterocycles. The minimum atomic E-state index is 0.0408. The van der Waals surface area contributed by atoms with Crippen LogP contribution in [-0.4, -0.2) is 31.9 Å². The SMILES string of the molecule is C#CCOc1ccc(C=Nc2sc3c(c2C(=O)NC2CCCCC2)CCCC3)cc1OC. The molecule has 32 heavy (non-hydrogen) atoms. The van der Waals surface area contributed by atoms with Gasteiger partial charge in [0.25, 0.3) is 5.91 Å². The van der Waals surface area contributed by atoms with E-state index in [4.69, 9.17) is 20.9 Å². The number of carbonyl (C=O) groups is 1. The van der Waals surface area contributed by atoms with E-state index in [2.05, 4.69) is 11.2 Å². The Kier molecular flexibility index (Phi) is 7.49. The molecule has 1 saturated carbocycles. The number of methoxy groups -OCH3 is 1. The molecule has 0 atom stereocenters. The van der Waals surface area contributed by atoms with Crippen molar-refractivity contribution in [1.29, 1.82) is 0 Å². The van der Waals surface area contributed by atoms with Gasteiger partial charge in [-0.15, -0.1) is 17.8 Å². The molecule has 0 spiro atoms. The van der Waals surface area contributed by atoms with Gasteiger partial charge in [-0.3, -0.25) is 4.79 Å². The van der Waals surface area contributed by atoms with Crippen LogP contribution in [0.2, 0.25) is 0 Å². The lowest BCUT2D eigenvalue weighted by Crippen LogP contribution is -2.36. The Hall–Kier alpha value is -2.78. The van der Waals surface area contributed by atoms with Crippen molar-refractivity contribution in [3.63, 3.8) is 0 Å². The van der Waals surface area contributed by atoms with Gasteiger partial charge in [0.1, 0.15) is 11.6 Å². The van der Waals surface area contributed by atoms with E-state index in [0.29, 0.717) is 11.5 Å². The molecule has 1 aromatic heterocycles. The van der Waals surface area contributed by atoms with Crippen LogP contribution in [0.4, 0.5) is 5.00 Å². The fourth-order valence-corrected chi connectivity index (χ4v) is 5.75. The molecule has 0 aliphatic heterocycles. The van der Waals surface area contributed by atoms with Gasteiger partial charge in [0.05, 0.1) is 12.7 Å². The molecular formula is C26H30N2O3S. The number of hydrogen-bond acceptors (Lipinski definition) is 5. The summed E-state index contributed by atoms with van der Waals surface area (Å²) in [5.41, 5.74) is 2.87. The van der Waals surface area contributed by atoms with Crippen LogP contribution in [-0.2, 0) is 12.8 Å². The number of aryl methyl sites for hydroxylation is 1. The summed E-state index contributed by atoms with van der Waals surface area (Å²) in [4.78, 5) is 19.4. The zero-order valence-electron chi connectivity index (χ0n) is 18.6. The normalized spacial score (nSPS) is 16.4. The van der Waals surface area contributed by atoms with Gasteiger partial charge in [-0.1, -0.05) is 25.2 Å². The predicted octanol–water partition coefficient (Wildman–Crippen LogP) is 5.46. The number of thiophene rings is 1. The number of hydrogen-bond donors (Lipinski definition) is 1. The quantitative estimate of drug-likeness (QED) is 0.450. The maximum absolute atomic E-state index is 13.3. The maximum Gasteiger partial charge on any atom is 0.254 e. The first-order valence-corrected chi connectivity index (χ1v) is 12.2. The zero-order valence-corrected chi connectivity index (χ0v) is 19.4. The van der Waals surface area contributed by atoms with Gasteiger partial charge >= 0.3 is 0 Å². The predicted molar refractivity (Wildman–Crippen MR) is 130 cm³/mol. The number of aliphatic imine (C=N–C) groups is 1. The second-order valence-corrected chi connectivity index (χ2v) is 9.44. The highest BCUT2D eigenvalue weighted by Crippen LogP contribution is 2.40. The topological polar surface area (TPSA) is 59.9 Å². The van der Waals surface area contributed by atoms with E-state index in [9.17, 15) is 4.79 Å². The van der Waals surface area contributed by atoms with Crippen LogP contribution in [0.3, 0.4) is 0 Å². The highest BCUT2D eigenvalue weighted by molar-refractivity contribution is 7.16. The van der Waals surface area contributed by atoms with Crippen LogP contribution in [0.5, 0.6) is 11.5 Å². The van der Waals surface area contributed by atoms with E-state index in [0.717, 1.165) is 48.2 Å². The highest BCUT2D eigenvalue weighted by atomic mass is 32.1. The summed E-state index contributed by atoms with van der Waals surface area (Å²) in [5, 5.41) is 4.10. The van der Waals surface area contributed by atoms with Crippen molar-refractivity contribution in [1.82, 2.24) is 5.32 Å². The van der Waals surface area contributed by atoms with Gasteiger partial charge in [-0.05, 0) is 67.9 Å². The van der Waals surface area contributed by atoms with Crippen LogP contribution >= 0.6 is 11.3 Å². The lowest BCUT2D eigenvalue weighted by Gasteiger charge is -2.23. The van der Waals surface area contributed by atoms with E-state index in [1.54, 1.807) is 24.7 Å². The Balaban J connectivity index is 1.59. The van der Waals surface area contributed by atoms with Crippen LogP contribution in [0, 0.1) is 12.3 Å². The lowest BCUT2D eigenvalue weighted by atomic mass is 9.93. The molecular weight excluding hydrogens is 420 g/mol. The number of terminal acetylenes is 1. The van der Waals surface area contributed by atoms with Crippen molar-refractivity contribution in [2.24, 2.45) is 4.99 Å². The molecule has 6 heteroatoms. The van der Waals surface area contributed by atoms with Crippen molar-refractivity contribution in [3.8, 4) is 23.8 Å². The van der Waals surface area contributed by atoms with Crippen molar-refractivity contribution in [2.45, 2.75) is 63.8 Å². The summed E-state index contributed by atoms with van der Waals surface area (Å²) >= 11 is 1.66. The second-order valence-electron chi connectivity index (χ2n) is 8.36. The molecule has 2 aliphatic carbocycles. The third-order valence-corrected chi connectivity index (χ3v) is 7.35. The molecule has 1 aromatic carbocycles. The number of ether oxygens (including phenoxy) is 2. The van der Waals surface area contributed by atoms with Crippen molar-refractivity contribution in [2.75, 3.05) is 13.7 Å². The molecule has 1 amide bonds. The van der Waals surface area contributed by atoms with Crippen molar-refractivity contribution >= 4 is 28.5 Å². The summed E-state index contributed by atoms with van der Waals surface area (Å²) < 4.78 is 10.9. The molecule has 168 valence electrons. The Labute approximate surface area is 194 Å². The molecule has 1 N–H and O–H groups in total. The van der Waals surface area contributed by atoms with E-state index in [-0.39, 0.29) is 18.6 Å². The van der Waals surface area contributed by atoms with Crippen LogP contribution in [0.15, 0.2) is 23.2 Å². The van der Waals surface area contributed by atoms with E-state index < -0.39 is 0 Å². The minimum absolute atomic E-state index is 0.0408. The lowest BCUT2D eigenvalue weighted by molar-refractivity contribution is 0.0927. The second kappa shape index (κ2) is 10.7. The standard InChI is InChI=1S/C26H30N2O3S/c1-3-15-31-21-14-13-18(16-22(21)30-2)17-27-26-24(20-11-7-8-12-23(20)32-26)25(29)28-19-9-5-4-6-10-19/h1,13-14,16-17,19H,4-12,15H2,2H3,(H,28,29). The third kappa shape index (κ3) is 5.16. The fourth-order valence-electron chi connectivity index (χ4n) is 4.52. The minimum Gasteiger partial charge on any atom is -0.493 e. The summed E-state index contributed by atoms with van der Waals surface area (Å²) in [5.74, 6) is 3.70. The summed E-state index contributed by atoms with van der Waals surface area (Å²) in [6.07, 6.45) is 17.2. The van der Waals surface area contributed by atoms with E-state index in [1.807, 2.05) is 18.2 Å². The average Bonchev–Trinajstić information content (AvgIpc) is 3.20. The molecule has 0 radical (unpaired) electrons. The molecule has 0 saturated heterocycles. The van der Waals surface area contributed by atoms with Gasteiger partial charge in [-0.2, -0.15) is 0 Å². The van der Waals surface area contributed by atoms with E-state index >= 15 is 0 Å². The van der Waals surface area contributed by atoms with Crippen LogP contribution in [0.1, 0.15) is 71.3 Å². The molecule has 2 aromatic rings. The van der Waals surface area contributed by atoms with Gasteiger partial charge < -0.3 is 14.8 Å². The van der Waals surface area contributed by atoms with Gasteiger partial charge in [0, 0.05) is 17.1 Å².